The van der Waals surface area contributed by atoms with Crippen LogP contribution in [-0.4, -0.2) is 34.6 Å². The highest BCUT2D eigenvalue weighted by Crippen LogP contribution is 2.68. The van der Waals surface area contributed by atoms with Crippen LogP contribution < -0.4 is 19.8 Å². The Morgan fingerprint density at radius 3 is 2.35 bits per heavy atom. The molecule has 3 fully saturated rings. The number of hydrogen-bond acceptors (Lipinski definition) is 7. The molecule has 2 N–H and O–H groups in total. The number of rotatable bonds is 6. The summed E-state index contributed by atoms with van der Waals surface area (Å²) in [6.07, 6.45) is -3.86. The Morgan fingerprint density at radius 1 is 0.958 bits per heavy atom. The van der Waals surface area contributed by atoms with Gasteiger partial charge < -0.3 is 15.0 Å². The minimum Gasteiger partial charge on any atom is -0.484 e. The summed E-state index contributed by atoms with van der Waals surface area (Å²) >= 11 is 2.77. The summed E-state index contributed by atoms with van der Waals surface area (Å²) in [5, 5.41) is 3.10. The van der Waals surface area contributed by atoms with E-state index in [9.17, 15) is 32.3 Å². The van der Waals surface area contributed by atoms with Crippen molar-refractivity contribution in [3.05, 3.63) is 104 Å². The number of aromatic amines is 1. The smallest absolute Gasteiger partial charge is 0.418 e. The van der Waals surface area contributed by atoms with Crippen LogP contribution in [0.2, 0.25) is 0 Å². The van der Waals surface area contributed by atoms with Crippen LogP contribution in [0.4, 0.5) is 24.5 Å². The molecule has 2 saturated carbocycles. The fourth-order valence-corrected chi connectivity index (χ4v) is 11.2. The van der Waals surface area contributed by atoms with E-state index in [1.165, 1.54) is 23.1 Å². The Bertz CT molecular complexity index is 2010. The molecular weight excluding hydrogens is 664 g/mol. The van der Waals surface area contributed by atoms with Crippen molar-refractivity contribution in [3.8, 4) is 5.75 Å². The zero-order valence-corrected chi connectivity index (χ0v) is 27.0. The number of hydrogen-bond donors (Lipinski definition) is 2. The molecule has 0 radical (unpaired) electrons. The van der Waals surface area contributed by atoms with E-state index < -0.39 is 36.1 Å². The number of thioether (sulfide) groups is 1. The second-order valence-corrected chi connectivity index (χ2v) is 15.0. The molecular formula is C35H28F3N3O5S2. The van der Waals surface area contributed by atoms with Gasteiger partial charge in [0.25, 0.3) is 5.91 Å². The molecule has 48 heavy (non-hydrogen) atoms. The SMILES string of the molecule is Cc1ccc(N2C(=O)C3C(C2=O)[C@@H]2C[C@H]3C3Sc4[nH]c(=O)sc4[C@H](c4ccc(OCC(=O)Nc5ccccc5C(F)(F)F)cc4)C32)cc1. The number of amides is 3. The van der Waals surface area contributed by atoms with E-state index >= 15 is 0 Å². The van der Waals surface area contributed by atoms with Crippen molar-refractivity contribution in [1.82, 2.24) is 4.98 Å². The summed E-state index contributed by atoms with van der Waals surface area (Å²) in [5.41, 5.74) is 1.24. The quantitative estimate of drug-likeness (QED) is 0.225. The molecule has 4 aromatic rings. The number of ether oxygens (including phenoxy) is 1. The zero-order chi connectivity index (χ0) is 33.5. The third-order valence-electron chi connectivity index (χ3n) is 10.1. The third-order valence-corrected chi connectivity index (χ3v) is 12.7. The van der Waals surface area contributed by atoms with Crippen LogP contribution in [0.3, 0.4) is 0 Å². The predicted octanol–water partition coefficient (Wildman–Crippen LogP) is 6.46. The number of H-pyrrole nitrogens is 1. The van der Waals surface area contributed by atoms with E-state index in [2.05, 4.69) is 10.3 Å². The highest BCUT2D eigenvalue weighted by molar-refractivity contribution is 8.00. The average Bonchev–Trinajstić information content (AvgIpc) is 3.79. The molecule has 4 aliphatic rings. The standard InChI is InChI=1S/C35H28F3N3O5S2/c1-16-6-10-18(11-7-16)41-32(43)27-20-14-21(28(27)33(41)44)29-26(20)25(30-31(47-29)40-34(45)48-30)17-8-12-19(13-9-17)46-15-24(42)39-23-5-3-2-4-22(23)35(36,37)38/h2-13,20-21,25-29H,14-15H2,1H3,(H,39,42)(H,40,45)/t20-,21-,25-,26?,27?,28?,29?/m1/s1. The lowest BCUT2D eigenvalue weighted by Gasteiger charge is -2.43. The number of para-hydroxylation sites is 1. The van der Waals surface area contributed by atoms with E-state index in [0.29, 0.717) is 11.4 Å². The molecule has 1 saturated heterocycles. The van der Waals surface area contributed by atoms with Gasteiger partial charge in [-0.1, -0.05) is 53.3 Å². The molecule has 13 heteroatoms. The van der Waals surface area contributed by atoms with E-state index in [-0.39, 0.29) is 51.3 Å². The average molecular weight is 692 g/mol. The van der Waals surface area contributed by atoms with Crippen LogP contribution in [0, 0.1) is 36.5 Å². The van der Waals surface area contributed by atoms with Crippen molar-refractivity contribution in [2.75, 3.05) is 16.8 Å². The molecule has 3 heterocycles. The van der Waals surface area contributed by atoms with Gasteiger partial charge in [0.1, 0.15) is 5.75 Å². The minimum atomic E-state index is -4.62. The first-order valence-electron chi connectivity index (χ1n) is 15.5. The monoisotopic (exact) mass is 691 g/mol. The Labute approximate surface area is 280 Å². The molecule has 1 aromatic heterocycles. The lowest BCUT2D eigenvalue weighted by molar-refractivity contribution is -0.137. The lowest BCUT2D eigenvalue weighted by atomic mass is 9.68. The number of thiazole rings is 1. The van der Waals surface area contributed by atoms with Gasteiger partial charge in [0.05, 0.1) is 33.8 Å². The van der Waals surface area contributed by atoms with Gasteiger partial charge in [-0.05, 0) is 73.1 Å². The van der Waals surface area contributed by atoms with Crippen molar-refractivity contribution >= 4 is 52.2 Å². The topological polar surface area (TPSA) is 109 Å². The molecule has 246 valence electrons. The molecule has 4 unspecified atom stereocenters. The molecule has 2 aliphatic heterocycles. The van der Waals surface area contributed by atoms with Crippen LogP contribution in [-0.2, 0) is 20.6 Å². The van der Waals surface area contributed by atoms with Crippen molar-refractivity contribution in [2.45, 2.75) is 35.7 Å². The number of halogens is 3. The van der Waals surface area contributed by atoms with Gasteiger partial charge in [-0.2, -0.15) is 13.2 Å². The van der Waals surface area contributed by atoms with E-state index in [1.807, 2.05) is 43.3 Å². The van der Waals surface area contributed by atoms with Gasteiger partial charge in [-0.3, -0.25) is 24.1 Å². The summed E-state index contributed by atoms with van der Waals surface area (Å²) in [7, 11) is 0. The van der Waals surface area contributed by atoms with Gasteiger partial charge in [0.2, 0.25) is 11.8 Å². The predicted molar refractivity (Wildman–Crippen MR) is 174 cm³/mol. The maximum absolute atomic E-state index is 13.9. The van der Waals surface area contributed by atoms with Crippen LogP contribution in [0.1, 0.15) is 33.9 Å². The van der Waals surface area contributed by atoms with Crippen LogP contribution in [0.25, 0.3) is 0 Å². The second kappa shape index (κ2) is 11.4. The first-order chi connectivity index (χ1) is 23.0. The van der Waals surface area contributed by atoms with Crippen LogP contribution >= 0.6 is 23.1 Å². The Kier molecular flexibility index (Phi) is 7.33. The van der Waals surface area contributed by atoms with Crippen molar-refractivity contribution < 1.29 is 32.3 Å². The molecule has 2 aliphatic carbocycles. The van der Waals surface area contributed by atoms with Crippen LogP contribution in [0.5, 0.6) is 5.75 Å². The van der Waals surface area contributed by atoms with Gasteiger partial charge in [-0.25, -0.2) is 0 Å². The van der Waals surface area contributed by atoms with E-state index in [4.69, 9.17) is 4.74 Å². The van der Waals surface area contributed by atoms with Gasteiger partial charge in [-0.15, -0.1) is 11.8 Å². The molecule has 8 nitrogen and oxygen atoms in total. The normalized spacial score (nSPS) is 27.1. The molecule has 3 aromatic carbocycles. The third kappa shape index (κ3) is 4.97. The van der Waals surface area contributed by atoms with E-state index in [0.717, 1.165) is 44.9 Å². The number of fused-ring (bicyclic) bond motifs is 9. The number of carbonyl (C=O) groups is 3. The zero-order valence-electron chi connectivity index (χ0n) is 25.3. The molecule has 2 bridgehead atoms. The summed E-state index contributed by atoms with van der Waals surface area (Å²) in [5.74, 6) is -1.74. The Balaban J connectivity index is 1.03. The summed E-state index contributed by atoms with van der Waals surface area (Å²) in [6, 6.07) is 19.3. The molecule has 7 atom stereocenters. The second-order valence-electron chi connectivity index (χ2n) is 12.8. The highest BCUT2D eigenvalue weighted by atomic mass is 32.2. The fraction of sp³-hybridized carbons (Fsp3) is 0.314. The number of aryl methyl sites for hydroxylation is 1. The number of nitrogens with one attached hydrogen (secondary N) is 2. The summed E-state index contributed by atoms with van der Waals surface area (Å²) in [6.45, 7) is 1.45. The maximum Gasteiger partial charge on any atom is 0.418 e. The van der Waals surface area contributed by atoms with Gasteiger partial charge in [0, 0.05) is 16.0 Å². The van der Waals surface area contributed by atoms with Gasteiger partial charge >= 0.3 is 11.0 Å². The number of aromatic nitrogens is 1. The summed E-state index contributed by atoms with van der Waals surface area (Å²) in [4.78, 5) is 57.9. The lowest BCUT2D eigenvalue weighted by Crippen LogP contribution is -2.42. The number of alkyl halides is 3. The fourth-order valence-electron chi connectivity index (χ4n) is 8.28. The maximum atomic E-state index is 13.9. The molecule has 0 spiro atoms. The number of anilines is 2. The largest absolute Gasteiger partial charge is 0.484 e. The van der Waals surface area contributed by atoms with Crippen molar-refractivity contribution in [2.24, 2.45) is 29.6 Å². The highest BCUT2D eigenvalue weighted by Gasteiger charge is 2.69. The van der Waals surface area contributed by atoms with E-state index in [1.54, 1.807) is 23.9 Å². The minimum absolute atomic E-state index is 0.00968. The number of benzene rings is 3. The van der Waals surface area contributed by atoms with Crippen molar-refractivity contribution in [3.63, 3.8) is 0 Å². The number of carbonyl (C=O) groups excluding carboxylic acids is 3. The first-order valence-corrected chi connectivity index (χ1v) is 17.2. The molecule has 8 rings (SSSR count). The number of nitrogens with zero attached hydrogens (tertiary/aromatic N) is 1. The Hall–Kier alpha value is -4.36. The molecule has 3 amide bonds. The number of imide groups is 1. The van der Waals surface area contributed by atoms with Gasteiger partial charge in [0.15, 0.2) is 6.61 Å². The Morgan fingerprint density at radius 2 is 1.65 bits per heavy atom. The first kappa shape index (κ1) is 30.9. The summed E-state index contributed by atoms with van der Waals surface area (Å²) < 4.78 is 45.6. The van der Waals surface area contributed by atoms with Crippen LogP contribution in [0.15, 0.2) is 82.6 Å². The van der Waals surface area contributed by atoms with Crippen molar-refractivity contribution in [1.29, 1.82) is 0 Å².